The molecule has 1 heterocycles. The summed E-state index contributed by atoms with van der Waals surface area (Å²) < 4.78 is 10.7. The van der Waals surface area contributed by atoms with Gasteiger partial charge in [0.2, 0.25) is 5.91 Å². The molecule has 7 heteroatoms. The Morgan fingerprint density at radius 1 is 1.17 bits per heavy atom. The zero-order chi connectivity index (χ0) is 20.8. The quantitative estimate of drug-likeness (QED) is 0.759. The van der Waals surface area contributed by atoms with Crippen LogP contribution in [0.3, 0.4) is 0 Å². The second kappa shape index (κ2) is 9.23. The Morgan fingerprint density at radius 2 is 1.97 bits per heavy atom. The number of aryl methyl sites for hydroxylation is 1. The Morgan fingerprint density at radius 3 is 2.76 bits per heavy atom. The van der Waals surface area contributed by atoms with E-state index in [2.05, 4.69) is 5.32 Å². The summed E-state index contributed by atoms with van der Waals surface area (Å²) in [6.07, 6.45) is 0.200. The highest BCUT2D eigenvalue weighted by atomic mass is 16.5. The number of hydrogen-bond donors (Lipinski definition) is 1. The molecule has 2 amide bonds. The highest BCUT2D eigenvalue weighted by molar-refractivity contribution is 6.05. The molecule has 152 valence electrons. The maximum atomic E-state index is 12.7. The van der Waals surface area contributed by atoms with E-state index in [1.165, 1.54) is 4.90 Å². The number of carbonyl (C=O) groups is 3. The van der Waals surface area contributed by atoms with Crippen LogP contribution in [0.25, 0.3) is 0 Å². The zero-order valence-corrected chi connectivity index (χ0v) is 16.5. The first-order valence-electron chi connectivity index (χ1n) is 9.50. The minimum atomic E-state index is -0.518. The van der Waals surface area contributed by atoms with Gasteiger partial charge >= 0.3 is 5.97 Å². The van der Waals surface area contributed by atoms with Crippen molar-refractivity contribution >= 4 is 29.2 Å². The van der Waals surface area contributed by atoms with E-state index in [1.807, 2.05) is 31.2 Å². The number of benzene rings is 2. The number of amides is 2. The Bertz CT molecular complexity index is 912. The lowest BCUT2D eigenvalue weighted by Crippen LogP contribution is -2.41. The number of ether oxygens (including phenoxy) is 2. The van der Waals surface area contributed by atoms with Crippen LogP contribution in [0.1, 0.15) is 25.3 Å². The minimum Gasteiger partial charge on any atom is -0.493 e. The summed E-state index contributed by atoms with van der Waals surface area (Å²) in [5.74, 6) is -0.378. The normalized spacial score (nSPS) is 15.7. The second-order valence-electron chi connectivity index (χ2n) is 6.96. The van der Waals surface area contributed by atoms with Crippen LogP contribution in [0.2, 0.25) is 0 Å². The number of hydrogen-bond acceptors (Lipinski definition) is 5. The van der Waals surface area contributed by atoms with E-state index in [9.17, 15) is 14.4 Å². The molecule has 1 atom stereocenters. The van der Waals surface area contributed by atoms with Crippen LogP contribution >= 0.6 is 0 Å². The average Bonchev–Trinajstić information content (AvgIpc) is 2.80. The smallest absolute Gasteiger partial charge is 0.309 e. The number of rotatable bonds is 6. The fourth-order valence-electron chi connectivity index (χ4n) is 3.21. The number of carbonyl (C=O) groups excluding carboxylic acids is 3. The third-order valence-corrected chi connectivity index (χ3v) is 4.55. The molecule has 0 fully saturated rings. The summed E-state index contributed by atoms with van der Waals surface area (Å²) in [6.45, 7) is 3.52. The highest BCUT2D eigenvalue weighted by Gasteiger charge is 2.30. The third kappa shape index (κ3) is 5.34. The van der Waals surface area contributed by atoms with Crippen molar-refractivity contribution in [2.75, 3.05) is 23.4 Å². The molecule has 0 aliphatic carbocycles. The lowest BCUT2D eigenvalue weighted by atomic mass is 10.1. The van der Waals surface area contributed by atoms with E-state index in [0.717, 1.165) is 5.56 Å². The zero-order valence-electron chi connectivity index (χ0n) is 16.5. The fraction of sp³-hybridized carbons (Fsp3) is 0.318. The van der Waals surface area contributed by atoms with Crippen molar-refractivity contribution < 1.29 is 23.9 Å². The molecular formula is C22H24N2O5. The Balaban J connectivity index is 1.54. The fourth-order valence-corrected chi connectivity index (χ4v) is 3.21. The predicted molar refractivity (Wildman–Crippen MR) is 109 cm³/mol. The van der Waals surface area contributed by atoms with Crippen molar-refractivity contribution in [1.82, 2.24) is 0 Å². The Labute approximate surface area is 169 Å². The van der Waals surface area contributed by atoms with Gasteiger partial charge in [-0.3, -0.25) is 14.4 Å². The molecule has 0 radical (unpaired) electrons. The van der Waals surface area contributed by atoms with Gasteiger partial charge in [0, 0.05) is 12.5 Å². The summed E-state index contributed by atoms with van der Waals surface area (Å²) in [5.41, 5.74) is 2.22. The first-order valence-corrected chi connectivity index (χ1v) is 9.50. The first kappa shape index (κ1) is 20.4. The molecule has 1 aliphatic heterocycles. The molecule has 7 nitrogen and oxygen atoms in total. The standard InChI is InChI=1S/C22H24N2O5/c1-15-6-5-7-17(12-15)28-11-10-22(27)29-14-21(26)24-16(2)13-20(25)23-18-8-3-4-9-19(18)24/h3-9,12,16H,10-11,13-14H2,1-2H3,(H,23,25)/t16-/m1/s1. The van der Waals surface area contributed by atoms with Crippen molar-refractivity contribution in [3.8, 4) is 5.75 Å². The summed E-state index contributed by atoms with van der Waals surface area (Å²) in [6, 6.07) is 14.2. The average molecular weight is 396 g/mol. The van der Waals surface area contributed by atoms with Crippen LogP contribution in [0, 0.1) is 6.92 Å². The van der Waals surface area contributed by atoms with E-state index in [4.69, 9.17) is 9.47 Å². The van der Waals surface area contributed by atoms with E-state index < -0.39 is 12.6 Å². The van der Waals surface area contributed by atoms with Crippen LogP contribution in [0.4, 0.5) is 11.4 Å². The molecule has 0 saturated carbocycles. The number of fused-ring (bicyclic) bond motifs is 1. The SMILES string of the molecule is Cc1cccc(OCCC(=O)OCC(=O)N2c3ccccc3NC(=O)C[C@H]2C)c1. The second-order valence-corrected chi connectivity index (χ2v) is 6.96. The van der Waals surface area contributed by atoms with Crippen LogP contribution in [0.5, 0.6) is 5.75 Å². The van der Waals surface area contributed by atoms with Gasteiger partial charge in [-0.25, -0.2) is 0 Å². The molecule has 0 saturated heterocycles. The summed E-state index contributed by atoms with van der Waals surface area (Å²) in [4.78, 5) is 38.2. The van der Waals surface area contributed by atoms with E-state index in [-0.39, 0.29) is 37.3 Å². The van der Waals surface area contributed by atoms with Gasteiger partial charge in [0.1, 0.15) is 5.75 Å². The summed E-state index contributed by atoms with van der Waals surface area (Å²) in [7, 11) is 0. The molecule has 0 bridgehead atoms. The van der Waals surface area contributed by atoms with Crippen LogP contribution in [0.15, 0.2) is 48.5 Å². The molecule has 2 aromatic carbocycles. The van der Waals surface area contributed by atoms with Crippen molar-refractivity contribution in [3.05, 3.63) is 54.1 Å². The van der Waals surface area contributed by atoms with Gasteiger partial charge in [-0.2, -0.15) is 0 Å². The van der Waals surface area contributed by atoms with Crippen LogP contribution in [-0.4, -0.2) is 37.0 Å². The lowest BCUT2D eigenvalue weighted by molar-refractivity contribution is -0.148. The van der Waals surface area contributed by atoms with Crippen molar-refractivity contribution in [2.45, 2.75) is 32.7 Å². The van der Waals surface area contributed by atoms with Gasteiger partial charge in [0.25, 0.3) is 5.91 Å². The largest absolute Gasteiger partial charge is 0.493 e. The van der Waals surface area contributed by atoms with Gasteiger partial charge in [-0.15, -0.1) is 0 Å². The molecule has 0 unspecified atom stereocenters. The van der Waals surface area contributed by atoms with Gasteiger partial charge in [0.15, 0.2) is 6.61 Å². The Kier molecular flexibility index (Phi) is 6.49. The van der Waals surface area contributed by atoms with Crippen molar-refractivity contribution in [2.24, 2.45) is 0 Å². The predicted octanol–water partition coefficient (Wildman–Crippen LogP) is 3.07. The van der Waals surface area contributed by atoms with Crippen LogP contribution < -0.4 is 15.0 Å². The van der Waals surface area contributed by atoms with Gasteiger partial charge in [-0.05, 0) is 43.7 Å². The topological polar surface area (TPSA) is 84.9 Å². The van der Waals surface area contributed by atoms with Crippen molar-refractivity contribution in [3.63, 3.8) is 0 Å². The van der Waals surface area contributed by atoms with Crippen LogP contribution in [-0.2, 0) is 19.1 Å². The number of para-hydroxylation sites is 2. The molecule has 1 N–H and O–H groups in total. The summed E-state index contributed by atoms with van der Waals surface area (Å²) in [5, 5.41) is 2.79. The maximum Gasteiger partial charge on any atom is 0.309 e. The molecular weight excluding hydrogens is 372 g/mol. The Hall–Kier alpha value is -3.35. The van der Waals surface area contributed by atoms with Gasteiger partial charge in [0.05, 0.1) is 24.4 Å². The molecule has 1 aliphatic rings. The third-order valence-electron chi connectivity index (χ3n) is 4.55. The number of esters is 1. The summed E-state index contributed by atoms with van der Waals surface area (Å²) >= 11 is 0. The number of nitrogens with zero attached hydrogens (tertiary/aromatic N) is 1. The highest BCUT2D eigenvalue weighted by Crippen LogP contribution is 2.31. The molecule has 0 spiro atoms. The molecule has 29 heavy (non-hydrogen) atoms. The van der Waals surface area contributed by atoms with Crippen molar-refractivity contribution in [1.29, 1.82) is 0 Å². The molecule has 2 aromatic rings. The number of nitrogens with one attached hydrogen (secondary N) is 1. The number of anilines is 2. The molecule has 0 aromatic heterocycles. The lowest BCUT2D eigenvalue weighted by Gasteiger charge is -2.27. The van der Waals surface area contributed by atoms with E-state index >= 15 is 0 Å². The maximum absolute atomic E-state index is 12.7. The van der Waals surface area contributed by atoms with Gasteiger partial charge < -0.3 is 19.7 Å². The van der Waals surface area contributed by atoms with Gasteiger partial charge in [-0.1, -0.05) is 24.3 Å². The first-order chi connectivity index (χ1) is 13.9. The van der Waals surface area contributed by atoms with E-state index in [0.29, 0.717) is 17.1 Å². The van der Waals surface area contributed by atoms with E-state index in [1.54, 1.807) is 31.2 Å². The monoisotopic (exact) mass is 396 g/mol. The molecule has 3 rings (SSSR count). The minimum absolute atomic E-state index is 0.0351.